The summed E-state index contributed by atoms with van der Waals surface area (Å²) in [6.07, 6.45) is 3.42. The summed E-state index contributed by atoms with van der Waals surface area (Å²) in [5.41, 5.74) is 7.56. The highest BCUT2D eigenvalue weighted by molar-refractivity contribution is 5.73. The van der Waals surface area contributed by atoms with Crippen molar-refractivity contribution in [1.29, 1.82) is 0 Å². The Bertz CT molecular complexity index is 380. The van der Waals surface area contributed by atoms with Crippen molar-refractivity contribution < 1.29 is 9.90 Å². The number of anilines is 1. The van der Waals surface area contributed by atoms with Gasteiger partial charge >= 0.3 is 5.97 Å². The lowest BCUT2D eigenvalue weighted by Crippen LogP contribution is -2.37. The summed E-state index contributed by atoms with van der Waals surface area (Å²) >= 11 is 0. The maximum Gasteiger partial charge on any atom is 0.320 e. The molecule has 0 aliphatic carbocycles. The third-order valence-corrected chi connectivity index (χ3v) is 2.90. The quantitative estimate of drug-likeness (QED) is 0.617. The normalized spacial score (nSPS) is 12.3. The second-order valence-corrected chi connectivity index (χ2v) is 4.48. The van der Waals surface area contributed by atoms with Crippen molar-refractivity contribution in [1.82, 2.24) is 5.32 Å². The fourth-order valence-corrected chi connectivity index (χ4v) is 1.86. The van der Waals surface area contributed by atoms with Crippen LogP contribution in [0.2, 0.25) is 0 Å². The molecule has 1 aromatic carbocycles. The second-order valence-electron chi connectivity index (χ2n) is 4.48. The molecule has 0 heterocycles. The number of carboxylic acids is 1. The Morgan fingerprint density at radius 2 is 2.28 bits per heavy atom. The van der Waals surface area contributed by atoms with Gasteiger partial charge in [0.1, 0.15) is 6.04 Å². The summed E-state index contributed by atoms with van der Waals surface area (Å²) in [6, 6.07) is 7.24. The molecule has 18 heavy (non-hydrogen) atoms. The lowest BCUT2D eigenvalue weighted by molar-refractivity contribution is -0.139. The van der Waals surface area contributed by atoms with Gasteiger partial charge in [-0.3, -0.25) is 4.79 Å². The van der Waals surface area contributed by atoms with E-state index in [1.54, 1.807) is 0 Å². The first-order valence-corrected chi connectivity index (χ1v) is 6.44. The smallest absolute Gasteiger partial charge is 0.320 e. The van der Waals surface area contributed by atoms with E-state index in [9.17, 15) is 4.79 Å². The summed E-state index contributed by atoms with van der Waals surface area (Å²) < 4.78 is 0. The first kappa shape index (κ1) is 14.5. The average Bonchev–Trinajstić information content (AvgIpc) is 2.33. The predicted octanol–water partition coefficient (Wildman–Crippen LogP) is 2.04. The number of nitrogens with one attached hydrogen (secondary N) is 1. The molecule has 0 spiro atoms. The van der Waals surface area contributed by atoms with Gasteiger partial charge in [-0.2, -0.15) is 0 Å². The van der Waals surface area contributed by atoms with Crippen LogP contribution in [-0.2, 0) is 11.2 Å². The molecule has 0 saturated heterocycles. The predicted molar refractivity (Wildman–Crippen MR) is 73.5 cm³/mol. The van der Waals surface area contributed by atoms with E-state index in [0.29, 0.717) is 13.0 Å². The second kappa shape index (κ2) is 7.71. The number of hydrogen-bond acceptors (Lipinski definition) is 3. The minimum atomic E-state index is -0.768. The molecule has 0 aliphatic rings. The highest BCUT2D eigenvalue weighted by atomic mass is 16.4. The fraction of sp³-hybridized carbons (Fsp3) is 0.500. The van der Waals surface area contributed by atoms with Crippen molar-refractivity contribution in [3.05, 3.63) is 29.8 Å². The number of unbranched alkanes of at least 4 members (excludes halogenated alkanes) is 1. The van der Waals surface area contributed by atoms with Crippen LogP contribution >= 0.6 is 0 Å². The summed E-state index contributed by atoms with van der Waals surface area (Å²) in [5.74, 6) is -0.768. The van der Waals surface area contributed by atoms with Crippen molar-refractivity contribution in [3.8, 4) is 0 Å². The molecule has 1 atom stereocenters. The molecule has 0 fully saturated rings. The summed E-state index contributed by atoms with van der Waals surface area (Å²) in [4.78, 5) is 11.0. The van der Waals surface area contributed by atoms with Crippen LogP contribution in [0.15, 0.2) is 24.3 Å². The summed E-state index contributed by atoms with van der Waals surface area (Å²) in [5, 5.41) is 12.1. The largest absolute Gasteiger partial charge is 0.480 e. The third-order valence-electron chi connectivity index (χ3n) is 2.90. The number of carboxylic acid groups (broad SMARTS) is 1. The number of nitrogens with two attached hydrogens (primary N) is 1. The Morgan fingerprint density at radius 1 is 1.50 bits per heavy atom. The van der Waals surface area contributed by atoms with Crippen molar-refractivity contribution in [2.24, 2.45) is 0 Å². The number of hydrogen-bond donors (Lipinski definition) is 3. The standard InChI is InChI=1S/C14H22N2O2/c1-2-3-7-13(14(17)18)16-9-8-11-5-4-6-12(15)10-11/h4-6,10,13,16H,2-3,7-9,15H2,1H3,(H,17,18). The van der Waals surface area contributed by atoms with E-state index < -0.39 is 12.0 Å². The van der Waals surface area contributed by atoms with Crippen LogP contribution in [0.1, 0.15) is 31.7 Å². The van der Waals surface area contributed by atoms with Crippen LogP contribution in [0.5, 0.6) is 0 Å². The molecular weight excluding hydrogens is 228 g/mol. The molecule has 0 aromatic heterocycles. The van der Waals surface area contributed by atoms with Gasteiger partial charge in [-0.15, -0.1) is 0 Å². The van der Waals surface area contributed by atoms with Gasteiger partial charge in [0, 0.05) is 5.69 Å². The molecule has 4 N–H and O–H groups in total. The Morgan fingerprint density at radius 3 is 2.89 bits per heavy atom. The van der Waals surface area contributed by atoms with E-state index in [0.717, 1.165) is 30.5 Å². The molecule has 0 radical (unpaired) electrons. The highest BCUT2D eigenvalue weighted by Gasteiger charge is 2.15. The van der Waals surface area contributed by atoms with Gasteiger partial charge in [0.05, 0.1) is 0 Å². The molecule has 0 bridgehead atoms. The van der Waals surface area contributed by atoms with Gasteiger partial charge in [0.2, 0.25) is 0 Å². The fourth-order valence-electron chi connectivity index (χ4n) is 1.86. The lowest BCUT2D eigenvalue weighted by atomic mass is 10.1. The van der Waals surface area contributed by atoms with Gasteiger partial charge in [-0.25, -0.2) is 0 Å². The summed E-state index contributed by atoms with van der Waals surface area (Å²) in [7, 11) is 0. The van der Waals surface area contributed by atoms with Crippen LogP contribution in [-0.4, -0.2) is 23.7 Å². The van der Waals surface area contributed by atoms with Crippen LogP contribution in [0.25, 0.3) is 0 Å². The van der Waals surface area contributed by atoms with Crippen LogP contribution in [0, 0.1) is 0 Å². The topological polar surface area (TPSA) is 75.3 Å². The zero-order valence-corrected chi connectivity index (χ0v) is 10.9. The minimum absolute atomic E-state index is 0.439. The van der Waals surface area contributed by atoms with Crippen LogP contribution < -0.4 is 11.1 Å². The Balaban J connectivity index is 2.36. The van der Waals surface area contributed by atoms with E-state index in [-0.39, 0.29) is 0 Å². The zero-order chi connectivity index (χ0) is 13.4. The van der Waals surface area contributed by atoms with E-state index in [2.05, 4.69) is 12.2 Å². The monoisotopic (exact) mass is 250 g/mol. The van der Waals surface area contributed by atoms with Gasteiger partial charge in [0.25, 0.3) is 0 Å². The van der Waals surface area contributed by atoms with Gasteiger partial charge < -0.3 is 16.2 Å². The molecule has 0 aliphatic heterocycles. The van der Waals surface area contributed by atoms with Crippen molar-refractivity contribution in [2.45, 2.75) is 38.6 Å². The molecule has 1 unspecified atom stereocenters. The third kappa shape index (κ3) is 5.19. The number of benzene rings is 1. The number of nitrogen functional groups attached to an aromatic ring is 1. The summed E-state index contributed by atoms with van der Waals surface area (Å²) in [6.45, 7) is 2.72. The molecule has 0 saturated carbocycles. The van der Waals surface area contributed by atoms with Crippen LogP contribution in [0.3, 0.4) is 0 Å². The van der Waals surface area contributed by atoms with E-state index in [1.165, 1.54) is 0 Å². The SMILES string of the molecule is CCCCC(NCCc1cccc(N)c1)C(=O)O. The number of aliphatic carboxylic acids is 1. The zero-order valence-electron chi connectivity index (χ0n) is 10.9. The van der Waals surface area contributed by atoms with Gasteiger partial charge in [0.15, 0.2) is 0 Å². The molecule has 1 aromatic rings. The van der Waals surface area contributed by atoms with Gasteiger partial charge in [-0.05, 0) is 37.1 Å². The van der Waals surface area contributed by atoms with E-state index >= 15 is 0 Å². The highest BCUT2D eigenvalue weighted by Crippen LogP contribution is 2.07. The Labute approximate surface area is 108 Å². The molecule has 1 rings (SSSR count). The first-order chi connectivity index (χ1) is 8.63. The maximum absolute atomic E-state index is 11.0. The minimum Gasteiger partial charge on any atom is -0.480 e. The molecule has 4 heteroatoms. The first-order valence-electron chi connectivity index (χ1n) is 6.44. The Kier molecular flexibility index (Phi) is 6.22. The average molecular weight is 250 g/mol. The van der Waals surface area contributed by atoms with Crippen molar-refractivity contribution >= 4 is 11.7 Å². The van der Waals surface area contributed by atoms with Gasteiger partial charge in [-0.1, -0.05) is 31.9 Å². The van der Waals surface area contributed by atoms with Crippen LogP contribution in [0.4, 0.5) is 5.69 Å². The molecular formula is C14H22N2O2. The maximum atomic E-state index is 11.0. The van der Waals surface area contributed by atoms with Crippen molar-refractivity contribution in [2.75, 3.05) is 12.3 Å². The van der Waals surface area contributed by atoms with Crippen molar-refractivity contribution in [3.63, 3.8) is 0 Å². The molecule has 0 amide bonds. The Hall–Kier alpha value is -1.55. The van der Waals surface area contributed by atoms with E-state index in [4.69, 9.17) is 10.8 Å². The molecule has 100 valence electrons. The number of carbonyl (C=O) groups is 1. The number of rotatable bonds is 8. The molecule has 4 nitrogen and oxygen atoms in total. The lowest BCUT2D eigenvalue weighted by Gasteiger charge is -2.14. The van der Waals surface area contributed by atoms with E-state index in [1.807, 2.05) is 24.3 Å².